The minimum atomic E-state index is -4.31. The number of hydrogen-bond acceptors (Lipinski definition) is 2. The molecule has 5 heteroatoms. The smallest absolute Gasteiger partial charge is 0.271 e. The fourth-order valence-corrected chi connectivity index (χ4v) is 2.23. The van der Waals surface area contributed by atoms with Crippen molar-refractivity contribution in [2.24, 2.45) is 5.84 Å². The Hall–Kier alpha value is -1.07. The van der Waals surface area contributed by atoms with Gasteiger partial charge in [0, 0.05) is 6.04 Å². The van der Waals surface area contributed by atoms with Gasteiger partial charge in [0.2, 0.25) is 0 Å². The molecule has 3 N–H and O–H groups in total. The van der Waals surface area contributed by atoms with Crippen molar-refractivity contribution in [3.8, 4) is 0 Å². The zero-order valence-electron chi connectivity index (χ0n) is 11.8. The number of hydrazine groups is 1. The molecule has 1 rings (SSSR count). The van der Waals surface area contributed by atoms with Gasteiger partial charge in [0.25, 0.3) is 0 Å². The lowest BCUT2D eigenvalue weighted by atomic mass is 9.98. The van der Waals surface area contributed by atoms with Crippen LogP contribution in [0.1, 0.15) is 62.6 Å². The molecular weight excluding hydrogens is 265 g/mol. The van der Waals surface area contributed by atoms with Gasteiger partial charge in [-0.25, -0.2) is 0 Å². The maximum absolute atomic E-state index is 12.7. The molecule has 20 heavy (non-hydrogen) atoms. The second-order valence-corrected chi connectivity index (χ2v) is 5.05. The first-order chi connectivity index (χ1) is 9.49. The predicted molar refractivity (Wildman–Crippen MR) is 74.9 cm³/mol. The molecule has 0 bridgehead atoms. The van der Waals surface area contributed by atoms with E-state index in [1.165, 1.54) is 25.0 Å². The Morgan fingerprint density at radius 3 is 2.45 bits per heavy atom. The van der Waals surface area contributed by atoms with Crippen LogP contribution < -0.4 is 11.3 Å². The molecule has 0 radical (unpaired) electrons. The molecule has 0 heterocycles. The van der Waals surface area contributed by atoms with E-state index in [4.69, 9.17) is 5.84 Å². The highest BCUT2D eigenvalue weighted by molar-refractivity contribution is 5.27. The number of hydrogen-bond donors (Lipinski definition) is 2. The van der Waals surface area contributed by atoms with Gasteiger partial charge in [0.15, 0.2) is 0 Å². The Morgan fingerprint density at radius 2 is 1.85 bits per heavy atom. The first-order valence-electron chi connectivity index (χ1n) is 7.12. The van der Waals surface area contributed by atoms with Crippen molar-refractivity contribution in [3.05, 3.63) is 35.4 Å². The Bertz CT molecular complexity index is 391. The molecule has 0 aliphatic carbocycles. The van der Waals surface area contributed by atoms with E-state index < -0.39 is 11.7 Å². The average molecular weight is 288 g/mol. The van der Waals surface area contributed by atoms with Crippen LogP contribution in [0.3, 0.4) is 0 Å². The van der Waals surface area contributed by atoms with Gasteiger partial charge in [-0.15, -0.1) is 0 Å². The molecule has 114 valence electrons. The van der Waals surface area contributed by atoms with Crippen molar-refractivity contribution in [2.45, 2.75) is 57.7 Å². The van der Waals surface area contributed by atoms with E-state index in [1.807, 2.05) is 0 Å². The fraction of sp³-hybridized carbons (Fsp3) is 0.600. The quantitative estimate of drug-likeness (QED) is 0.418. The van der Waals surface area contributed by atoms with Crippen molar-refractivity contribution in [1.82, 2.24) is 5.43 Å². The van der Waals surface area contributed by atoms with Gasteiger partial charge in [0.05, 0.1) is 5.56 Å². The number of alkyl halides is 3. The van der Waals surface area contributed by atoms with Gasteiger partial charge < -0.3 is 0 Å². The van der Waals surface area contributed by atoms with E-state index in [2.05, 4.69) is 12.3 Å². The van der Waals surface area contributed by atoms with Crippen molar-refractivity contribution in [1.29, 1.82) is 0 Å². The van der Waals surface area contributed by atoms with Gasteiger partial charge in [-0.3, -0.25) is 11.3 Å². The third-order valence-electron chi connectivity index (χ3n) is 3.41. The molecule has 0 aliphatic rings. The average Bonchev–Trinajstić information content (AvgIpc) is 2.42. The highest BCUT2D eigenvalue weighted by atomic mass is 19.4. The van der Waals surface area contributed by atoms with Gasteiger partial charge in [-0.05, 0) is 24.1 Å². The number of nitrogens with two attached hydrogens (primary N) is 1. The molecule has 1 aromatic carbocycles. The third kappa shape index (κ3) is 5.51. The van der Waals surface area contributed by atoms with Gasteiger partial charge in [0.1, 0.15) is 0 Å². The lowest BCUT2D eigenvalue weighted by molar-refractivity contribution is -0.137. The molecule has 0 spiro atoms. The Morgan fingerprint density at radius 1 is 1.15 bits per heavy atom. The molecule has 0 aromatic heterocycles. The second kappa shape index (κ2) is 8.27. The van der Waals surface area contributed by atoms with Crippen LogP contribution in [0.4, 0.5) is 13.2 Å². The van der Waals surface area contributed by atoms with E-state index in [9.17, 15) is 13.2 Å². The predicted octanol–water partition coefficient (Wildman–Crippen LogP) is 4.57. The number of unbranched alkanes of at least 4 members (excludes halogenated alkanes) is 4. The van der Waals surface area contributed by atoms with Gasteiger partial charge >= 0.3 is 6.18 Å². The molecule has 0 aliphatic heterocycles. The minimum absolute atomic E-state index is 0.223. The van der Waals surface area contributed by atoms with E-state index in [-0.39, 0.29) is 6.04 Å². The first kappa shape index (κ1) is 17.0. The molecule has 1 aromatic rings. The third-order valence-corrected chi connectivity index (χ3v) is 3.41. The number of nitrogens with one attached hydrogen (secondary N) is 1. The largest absolute Gasteiger partial charge is 0.416 e. The highest BCUT2D eigenvalue weighted by Crippen LogP contribution is 2.31. The van der Waals surface area contributed by atoms with Crippen LogP contribution in [0.25, 0.3) is 0 Å². The molecule has 1 unspecified atom stereocenters. The molecule has 1 atom stereocenters. The van der Waals surface area contributed by atoms with Gasteiger partial charge in [-0.1, -0.05) is 51.2 Å². The molecule has 2 nitrogen and oxygen atoms in total. The monoisotopic (exact) mass is 288 g/mol. The molecular formula is C15H23F3N2. The minimum Gasteiger partial charge on any atom is -0.271 e. The summed E-state index contributed by atoms with van der Waals surface area (Å²) in [6.07, 6.45) is 2.03. The highest BCUT2D eigenvalue weighted by Gasteiger charge is 2.30. The number of halogens is 3. The second-order valence-electron chi connectivity index (χ2n) is 5.05. The van der Waals surface area contributed by atoms with Crippen molar-refractivity contribution < 1.29 is 13.2 Å². The van der Waals surface area contributed by atoms with Crippen molar-refractivity contribution >= 4 is 0 Å². The van der Waals surface area contributed by atoms with Crippen LogP contribution in [0.2, 0.25) is 0 Å². The summed E-state index contributed by atoms with van der Waals surface area (Å²) in [5.41, 5.74) is 2.59. The Kier molecular flexibility index (Phi) is 7.02. The topological polar surface area (TPSA) is 38.0 Å². The Labute approximate surface area is 118 Å². The summed E-state index contributed by atoms with van der Waals surface area (Å²) in [7, 11) is 0. The summed E-state index contributed by atoms with van der Waals surface area (Å²) in [6.45, 7) is 2.15. The van der Waals surface area contributed by atoms with Crippen LogP contribution in [-0.2, 0) is 6.18 Å². The lowest BCUT2D eigenvalue weighted by Crippen LogP contribution is -2.28. The summed E-state index contributed by atoms with van der Waals surface area (Å²) in [5.74, 6) is 5.47. The van der Waals surface area contributed by atoms with Gasteiger partial charge in [-0.2, -0.15) is 13.2 Å². The Balaban J connectivity index is 2.61. The van der Waals surface area contributed by atoms with E-state index >= 15 is 0 Å². The summed E-state index contributed by atoms with van der Waals surface area (Å²) < 4.78 is 38.0. The van der Waals surface area contributed by atoms with Crippen LogP contribution in [0.5, 0.6) is 0 Å². The van der Waals surface area contributed by atoms with E-state index in [1.54, 1.807) is 6.07 Å². The molecule has 0 saturated carbocycles. The maximum atomic E-state index is 12.7. The number of benzene rings is 1. The maximum Gasteiger partial charge on any atom is 0.416 e. The summed E-state index contributed by atoms with van der Waals surface area (Å²) in [5, 5.41) is 0. The summed E-state index contributed by atoms with van der Waals surface area (Å²) in [6, 6.07) is 5.15. The summed E-state index contributed by atoms with van der Waals surface area (Å²) >= 11 is 0. The SMILES string of the molecule is CCCCCCCC(NN)c1cccc(C(F)(F)F)c1. The zero-order chi connectivity index (χ0) is 15.0. The first-order valence-corrected chi connectivity index (χ1v) is 7.12. The molecule has 0 saturated heterocycles. The van der Waals surface area contributed by atoms with E-state index in [0.29, 0.717) is 5.56 Å². The molecule has 0 fully saturated rings. The van der Waals surface area contributed by atoms with E-state index in [0.717, 1.165) is 31.7 Å². The summed E-state index contributed by atoms with van der Waals surface area (Å²) in [4.78, 5) is 0. The van der Waals surface area contributed by atoms with Crippen LogP contribution >= 0.6 is 0 Å². The van der Waals surface area contributed by atoms with Crippen LogP contribution in [0.15, 0.2) is 24.3 Å². The normalized spacial score (nSPS) is 13.4. The van der Waals surface area contributed by atoms with Crippen molar-refractivity contribution in [2.75, 3.05) is 0 Å². The number of rotatable bonds is 8. The standard InChI is InChI=1S/C15H23F3N2/c1-2-3-4-5-6-10-14(20-19)12-8-7-9-13(11-12)15(16,17)18/h7-9,11,14,20H,2-6,10,19H2,1H3. The van der Waals surface area contributed by atoms with Crippen LogP contribution in [-0.4, -0.2) is 0 Å². The lowest BCUT2D eigenvalue weighted by Gasteiger charge is -2.18. The fourth-order valence-electron chi connectivity index (χ4n) is 2.23. The van der Waals surface area contributed by atoms with Crippen molar-refractivity contribution in [3.63, 3.8) is 0 Å². The molecule has 0 amide bonds. The zero-order valence-corrected chi connectivity index (χ0v) is 11.8. The van der Waals surface area contributed by atoms with Crippen LogP contribution in [0, 0.1) is 0 Å².